The van der Waals surface area contributed by atoms with Crippen molar-refractivity contribution in [1.82, 2.24) is 36.8 Å². The number of hydrogen-bond acceptors (Lipinski definition) is 13. The molecular weight excluding hydrogens is 763 g/mol. The molecular formula is C45H75N9O4S. The van der Waals surface area contributed by atoms with Crippen LogP contribution < -0.4 is 27.0 Å². The van der Waals surface area contributed by atoms with Crippen LogP contribution in [0.4, 0.5) is 0 Å². The maximum Gasteiger partial charge on any atom is 0.238 e. The molecule has 4 saturated heterocycles. The van der Waals surface area contributed by atoms with Gasteiger partial charge in [-0.15, -0.1) is 11.8 Å². The lowest BCUT2D eigenvalue weighted by molar-refractivity contribution is -0.126. The van der Waals surface area contributed by atoms with Gasteiger partial charge in [-0.05, 0) is 134 Å². The van der Waals surface area contributed by atoms with Gasteiger partial charge in [0.15, 0.2) is 0 Å². The molecule has 8 fully saturated rings. The molecule has 5 N–H and O–H groups in total. The molecule has 0 aromatic heterocycles. The second-order valence-corrected chi connectivity index (χ2v) is 22.0. The highest BCUT2D eigenvalue weighted by Crippen LogP contribution is 2.51. The van der Waals surface area contributed by atoms with E-state index in [0.29, 0.717) is 52.2 Å². The number of aliphatic imine (C=N–C) groups is 1. The fraction of sp³-hybridized carbons (Fsp3) is 0.933. The molecule has 5 aliphatic heterocycles. The van der Waals surface area contributed by atoms with Crippen molar-refractivity contribution in [3.05, 3.63) is 0 Å². The standard InChI is InChI=1S/C45H75N9O4S/c1-26-28(3)59-44-40(26)41(47-27(2)42-52-49-29(4)54(42)44)30-6-11-33(12-7-30)58-36-18-19-45(23-36)20-21-53(25-45)39-17-16-37(50-51-39)43(55)48-32-9-14-34(15-10-32)57-35-13-8-31(24-46)38(22-35)56-5/h26-40,42,44,49-52H,6-23,25H2,1-5H3,(H,48,55)/t26?,27-,28?,29?,30?,31?,32?,33?,34?,35?,36?,37?,38?,39?,40?,42?,44?,45?/m0/s1. The lowest BCUT2D eigenvalue weighted by Gasteiger charge is -2.38. The summed E-state index contributed by atoms with van der Waals surface area (Å²) >= 11 is 2.17. The number of carbonyl (C=O) groups is 1. The third-order valence-corrected chi connectivity index (χ3v) is 18.4. The summed E-state index contributed by atoms with van der Waals surface area (Å²) in [5.41, 5.74) is 16.0. The van der Waals surface area contributed by atoms with Gasteiger partial charge >= 0.3 is 0 Å². The largest absolute Gasteiger partial charge is 0.380 e. The Morgan fingerprint density at radius 2 is 1.61 bits per heavy atom. The first kappa shape index (κ1) is 42.9. The van der Waals surface area contributed by atoms with Crippen LogP contribution in [0.3, 0.4) is 0 Å². The Bertz CT molecular complexity index is 1530. The van der Waals surface area contributed by atoms with Gasteiger partial charge < -0.3 is 19.5 Å². The normalized spacial score (nSPS) is 48.3. The number of hydrogen-bond donors (Lipinski definition) is 5. The van der Waals surface area contributed by atoms with Crippen molar-refractivity contribution in [2.45, 2.75) is 215 Å². The van der Waals surface area contributed by atoms with Gasteiger partial charge in [0.1, 0.15) is 6.04 Å². The highest BCUT2D eigenvalue weighted by Gasteiger charge is 2.54. The molecule has 14 heteroatoms. The summed E-state index contributed by atoms with van der Waals surface area (Å²) in [6.07, 6.45) is 19.8. The smallest absolute Gasteiger partial charge is 0.238 e. The van der Waals surface area contributed by atoms with Crippen molar-refractivity contribution in [3.8, 4) is 6.07 Å². The van der Waals surface area contributed by atoms with Gasteiger partial charge in [0, 0.05) is 49.5 Å². The topological polar surface area (TPSA) is 148 Å². The van der Waals surface area contributed by atoms with Crippen molar-refractivity contribution >= 4 is 23.4 Å². The van der Waals surface area contributed by atoms with Gasteiger partial charge in [0.25, 0.3) is 0 Å². The number of hydrazine groups is 2. The zero-order valence-corrected chi connectivity index (χ0v) is 37.4. The van der Waals surface area contributed by atoms with E-state index in [0.717, 1.165) is 83.7 Å². The number of thioether (sulfide) groups is 1. The summed E-state index contributed by atoms with van der Waals surface area (Å²) in [5, 5.41) is 13.9. The number of nitriles is 1. The summed E-state index contributed by atoms with van der Waals surface area (Å²) in [6.45, 7) is 11.8. The second-order valence-electron chi connectivity index (χ2n) is 20.5. The summed E-state index contributed by atoms with van der Waals surface area (Å²) in [4.78, 5) is 24.2. The number of nitrogens with zero attached hydrogens (tertiary/aromatic N) is 4. The van der Waals surface area contributed by atoms with Crippen LogP contribution in [0.2, 0.25) is 0 Å². The summed E-state index contributed by atoms with van der Waals surface area (Å²) in [5.74, 6) is 1.84. The van der Waals surface area contributed by atoms with Crippen LogP contribution in [-0.4, -0.2) is 119 Å². The molecule has 5 heterocycles. The number of methoxy groups -OCH3 is 1. The van der Waals surface area contributed by atoms with E-state index in [9.17, 15) is 10.1 Å². The van der Waals surface area contributed by atoms with E-state index in [2.05, 4.69) is 82.3 Å². The SMILES string of the molecule is COC1CC(OC2CCC(NC(=O)C3CCC(N4CCC5(CCC(OC6CCC(C7=N[C@@H](C)C8NNC(C)N8C8SC(C)C(C)C78)CC6)C5)C4)NN3)CC2)CCC1C#N. The minimum absolute atomic E-state index is 0.0263. The van der Waals surface area contributed by atoms with Crippen LogP contribution in [0.1, 0.15) is 137 Å². The molecule has 14 atom stereocenters. The van der Waals surface area contributed by atoms with E-state index in [4.69, 9.17) is 19.2 Å². The van der Waals surface area contributed by atoms with Crippen molar-refractivity contribution in [3.63, 3.8) is 0 Å². The average Bonchev–Trinajstić information content (AvgIpc) is 4.02. The molecule has 4 saturated carbocycles. The first-order valence-electron chi connectivity index (χ1n) is 23.9. The molecule has 0 radical (unpaired) electrons. The van der Waals surface area contributed by atoms with Crippen LogP contribution in [-0.2, 0) is 19.0 Å². The van der Waals surface area contributed by atoms with E-state index < -0.39 is 0 Å². The van der Waals surface area contributed by atoms with Gasteiger partial charge in [0.05, 0.1) is 72.4 Å². The summed E-state index contributed by atoms with van der Waals surface area (Å²) < 4.78 is 19.0. The Kier molecular flexibility index (Phi) is 13.4. The molecule has 1 amide bonds. The highest BCUT2D eigenvalue weighted by atomic mass is 32.2. The molecule has 59 heavy (non-hydrogen) atoms. The monoisotopic (exact) mass is 838 g/mol. The first-order chi connectivity index (χ1) is 28.6. The zero-order valence-electron chi connectivity index (χ0n) is 36.6. The van der Waals surface area contributed by atoms with Crippen LogP contribution >= 0.6 is 11.8 Å². The van der Waals surface area contributed by atoms with Crippen molar-refractivity contribution in [2.24, 2.45) is 34.1 Å². The molecule has 9 aliphatic rings. The molecule has 330 valence electrons. The third kappa shape index (κ3) is 9.05. The maximum atomic E-state index is 13.3. The average molecular weight is 838 g/mol. The van der Waals surface area contributed by atoms with Crippen molar-refractivity contribution in [2.75, 3.05) is 20.2 Å². The quantitative estimate of drug-likeness (QED) is 0.209. The maximum absolute atomic E-state index is 13.3. The minimum Gasteiger partial charge on any atom is -0.380 e. The Labute approximate surface area is 358 Å². The second kappa shape index (κ2) is 18.4. The third-order valence-electron chi connectivity index (χ3n) is 16.8. The van der Waals surface area contributed by atoms with E-state index in [1.165, 1.54) is 44.2 Å². The molecule has 0 bridgehead atoms. The molecule has 4 aliphatic carbocycles. The van der Waals surface area contributed by atoms with Crippen molar-refractivity contribution in [1.29, 1.82) is 5.26 Å². The fourth-order valence-electron chi connectivity index (χ4n) is 13.1. The number of nitrogens with one attached hydrogen (secondary N) is 5. The number of ether oxygens (including phenoxy) is 3. The fourth-order valence-corrected chi connectivity index (χ4v) is 15.0. The zero-order chi connectivity index (χ0) is 40.8. The van der Waals surface area contributed by atoms with Gasteiger partial charge in [-0.25, -0.2) is 21.7 Å². The first-order valence-corrected chi connectivity index (χ1v) is 24.8. The van der Waals surface area contributed by atoms with E-state index in [-0.39, 0.29) is 60.6 Å². The lowest BCUT2D eigenvalue weighted by Crippen LogP contribution is -2.62. The lowest BCUT2D eigenvalue weighted by atomic mass is 9.75. The number of rotatable bonds is 9. The van der Waals surface area contributed by atoms with Crippen LogP contribution in [0, 0.1) is 40.4 Å². The Morgan fingerprint density at radius 1 is 0.864 bits per heavy atom. The number of likely N-dealkylation sites (tertiary alicyclic amines) is 1. The van der Waals surface area contributed by atoms with Gasteiger partial charge in [-0.1, -0.05) is 13.8 Å². The Balaban J connectivity index is 0.683. The number of carbonyl (C=O) groups excluding carboxylic acids is 1. The van der Waals surface area contributed by atoms with E-state index >= 15 is 0 Å². The molecule has 0 aromatic carbocycles. The van der Waals surface area contributed by atoms with Gasteiger partial charge in [0.2, 0.25) is 5.91 Å². The van der Waals surface area contributed by atoms with Crippen molar-refractivity contribution < 1.29 is 19.0 Å². The van der Waals surface area contributed by atoms with Crippen LogP contribution in [0.15, 0.2) is 4.99 Å². The minimum atomic E-state index is -0.198. The predicted molar refractivity (Wildman–Crippen MR) is 231 cm³/mol. The van der Waals surface area contributed by atoms with Crippen LogP contribution in [0.25, 0.3) is 0 Å². The molecule has 13 nitrogen and oxygen atoms in total. The van der Waals surface area contributed by atoms with E-state index in [1.54, 1.807) is 7.11 Å². The van der Waals surface area contributed by atoms with Crippen LogP contribution in [0.5, 0.6) is 0 Å². The van der Waals surface area contributed by atoms with E-state index in [1.807, 2.05) is 0 Å². The van der Waals surface area contributed by atoms with Gasteiger partial charge in [-0.2, -0.15) is 5.26 Å². The molecule has 1 spiro atoms. The molecule has 9 rings (SSSR count). The molecule has 0 aromatic rings. The predicted octanol–water partition coefficient (Wildman–Crippen LogP) is 5.18. The summed E-state index contributed by atoms with van der Waals surface area (Å²) in [6, 6.07) is 2.65. The Hall–Kier alpha value is -1.38. The number of amides is 1. The van der Waals surface area contributed by atoms with Gasteiger partial charge in [-0.3, -0.25) is 19.6 Å². The summed E-state index contributed by atoms with van der Waals surface area (Å²) in [7, 11) is 1.70. The highest BCUT2D eigenvalue weighted by molar-refractivity contribution is 8.00. The number of fused-ring (bicyclic) bond motifs is 3. The molecule has 13 unspecified atom stereocenters. The Morgan fingerprint density at radius 3 is 2.34 bits per heavy atom.